The van der Waals surface area contributed by atoms with Gasteiger partial charge in [0.2, 0.25) is 5.89 Å². The molecule has 0 radical (unpaired) electrons. The molecule has 3 aromatic rings. The fourth-order valence-corrected chi connectivity index (χ4v) is 2.56. The van der Waals surface area contributed by atoms with Crippen LogP contribution in [-0.2, 0) is 5.75 Å². The smallest absolute Gasteiger partial charge is 0.226 e. The van der Waals surface area contributed by atoms with E-state index in [2.05, 4.69) is 15.2 Å². The maximum absolute atomic E-state index is 5.70. The van der Waals surface area contributed by atoms with Crippen LogP contribution in [0.15, 0.2) is 52.1 Å². The number of hydrogen-bond acceptors (Lipinski definition) is 6. The van der Waals surface area contributed by atoms with E-state index in [9.17, 15) is 0 Å². The van der Waals surface area contributed by atoms with E-state index in [4.69, 9.17) is 20.8 Å². The quantitative estimate of drug-likeness (QED) is 0.655. The number of oxazole rings is 1. The second-order valence-electron chi connectivity index (χ2n) is 4.36. The van der Waals surface area contributed by atoms with Crippen molar-refractivity contribution in [1.29, 1.82) is 0 Å². The van der Waals surface area contributed by atoms with Crippen LogP contribution in [-0.4, -0.2) is 22.3 Å². The zero-order valence-corrected chi connectivity index (χ0v) is 13.3. The highest BCUT2D eigenvalue weighted by Gasteiger charge is 2.08. The summed E-state index contributed by atoms with van der Waals surface area (Å²) in [7, 11) is 1.63. The summed E-state index contributed by atoms with van der Waals surface area (Å²) < 4.78 is 10.6. The Hall–Kier alpha value is -2.05. The molecule has 0 aliphatic rings. The minimum atomic E-state index is 0.382. The fraction of sp³-hybridized carbons (Fsp3) is 0.133. The van der Waals surface area contributed by atoms with Gasteiger partial charge < -0.3 is 9.15 Å². The summed E-state index contributed by atoms with van der Waals surface area (Å²) in [5, 5.41) is 8.96. The van der Waals surface area contributed by atoms with Crippen LogP contribution in [0.2, 0.25) is 5.15 Å². The van der Waals surface area contributed by atoms with Crippen molar-refractivity contribution in [3.05, 3.63) is 53.5 Å². The average Bonchev–Trinajstić information content (AvgIpc) is 3.03. The third kappa shape index (κ3) is 3.58. The fourth-order valence-electron chi connectivity index (χ4n) is 1.77. The number of benzene rings is 1. The highest BCUT2D eigenvalue weighted by molar-refractivity contribution is 7.98. The molecule has 3 rings (SSSR count). The first-order chi connectivity index (χ1) is 10.7. The van der Waals surface area contributed by atoms with Crippen molar-refractivity contribution >= 4 is 23.4 Å². The van der Waals surface area contributed by atoms with E-state index < -0.39 is 0 Å². The number of thioether (sulfide) groups is 1. The van der Waals surface area contributed by atoms with E-state index in [1.54, 1.807) is 19.4 Å². The Morgan fingerprint density at radius 1 is 1.14 bits per heavy atom. The molecule has 0 N–H and O–H groups in total. The van der Waals surface area contributed by atoms with E-state index >= 15 is 0 Å². The molecule has 1 aromatic carbocycles. The molecule has 0 amide bonds. The summed E-state index contributed by atoms with van der Waals surface area (Å²) in [4.78, 5) is 4.47. The van der Waals surface area contributed by atoms with Gasteiger partial charge in [-0.1, -0.05) is 23.4 Å². The molecule has 22 heavy (non-hydrogen) atoms. The van der Waals surface area contributed by atoms with E-state index in [-0.39, 0.29) is 0 Å². The number of rotatable bonds is 5. The Kier molecular flexibility index (Phi) is 4.60. The molecular weight excluding hydrogens is 322 g/mol. The molecule has 2 heterocycles. The zero-order valence-electron chi connectivity index (χ0n) is 11.7. The monoisotopic (exact) mass is 333 g/mol. The molecule has 2 aromatic heterocycles. The van der Waals surface area contributed by atoms with Crippen LogP contribution in [0.5, 0.6) is 5.75 Å². The molecule has 112 valence electrons. The van der Waals surface area contributed by atoms with Crippen LogP contribution in [0.4, 0.5) is 0 Å². The number of ether oxygens (including phenoxy) is 1. The van der Waals surface area contributed by atoms with Gasteiger partial charge in [-0.2, -0.15) is 0 Å². The Morgan fingerprint density at radius 2 is 1.95 bits per heavy atom. The molecule has 0 fully saturated rings. The van der Waals surface area contributed by atoms with Gasteiger partial charge in [-0.15, -0.1) is 10.2 Å². The summed E-state index contributed by atoms with van der Waals surface area (Å²) in [6.07, 6.45) is 1.65. The van der Waals surface area contributed by atoms with Gasteiger partial charge in [0.15, 0.2) is 5.15 Å². The van der Waals surface area contributed by atoms with Gasteiger partial charge in [-0.3, -0.25) is 0 Å². The topological polar surface area (TPSA) is 61.0 Å². The predicted octanol–water partition coefficient (Wildman–Crippen LogP) is 4.09. The van der Waals surface area contributed by atoms with Crippen LogP contribution in [0, 0.1) is 0 Å². The summed E-state index contributed by atoms with van der Waals surface area (Å²) in [5.41, 5.74) is 1.75. The average molecular weight is 334 g/mol. The van der Waals surface area contributed by atoms with E-state index in [1.807, 2.05) is 30.3 Å². The number of aromatic nitrogens is 3. The predicted molar refractivity (Wildman–Crippen MR) is 85.1 cm³/mol. The minimum absolute atomic E-state index is 0.382. The molecule has 0 aliphatic heterocycles. The van der Waals surface area contributed by atoms with Crippen LogP contribution in [0.3, 0.4) is 0 Å². The molecule has 0 unspecified atom stereocenters. The Labute approximate surface area is 136 Å². The van der Waals surface area contributed by atoms with Crippen LogP contribution in [0.25, 0.3) is 11.5 Å². The van der Waals surface area contributed by atoms with Crippen molar-refractivity contribution in [3.8, 4) is 17.2 Å². The largest absolute Gasteiger partial charge is 0.497 e. The van der Waals surface area contributed by atoms with Crippen molar-refractivity contribution in [1.82, 2.24) is 15.2 Å². The molecule has 0 bridgehead atoms. The first-order valence-electron chi connectivity index (χ1n) is 6.45. The van der Waals surface area contributed by atoms with Crippen molar-refractivity contribution in [3.63, 3.8) is 0 Å². The molecule has 0 atom stereocenters. The van der Waals surface area contributed by atoms with Gasteiger partial charge in [-0.05, 0) is 36.4 Å². The van der Waals surface area contributed by atoms with Gasteiger partial charge in [0, 0.05) is 11.3 Å². The van der Waals surface area contributed by atoms with Crippen molar-refractivity contribution in [2.75, 3.05) is 7.11 Å². The molecule has 0 spiro atoms. The minimum Gasteiger partial charge on any atom is -0.497 e. The maximum atomic E-state index is 5.70. The molecule has 5 nitrogen and oxygen atoms in total. The van der Waals surface area contributed by atoms with Gasteiger partial charge in [0.05, 0.1) is 12.8 Å². The van der Waals surface area contributed by atoms with Crippen molar-refractivity contribution < 1.29 is 9.15 Å². The van der Waals surface area contributed by atoms with Crippen molar-refractivity contribution in [2.45, 2.75) is 10.8 Å². The number of halogens is 1. The van der Waals surface area contributed by atoms with E-state index in [1.165, 1.54) is 11.8 Å². The maximum Gasteiger partial charge on any atom is 0.226 e. The lowest BCUT2D eigenvalue weighted by Gasteiger charge is -1.99. The highest BCUT2D eigenvalue weighted by atomic mass is 35.5. The second-order valence-corrected chi connectivity index (χ2v) is 5.74. The Bertz CT molecular complexity index is 744. The molecular formula is C15H12ClN3O2S. The Morgan fingerprint density at radius 3 is 2.64 bits per heavy atom. The second kappa shape index (κ2) is 6.81. The molecule has 0 saturated carbocycles. The van der Waals surface area contributed by atoms with Crippen LogP contribution in [0.1, 0.15) is 5.69 Å². The highest BCUT2D eigenvalue weighted by Crippen LogP contribution is 2.25. The lowest BCUT2D eigenvalue weighted by molar-refractivity contribution is 0.415. The van der Waals surface area contributed by atoms with Gasteiger partial charge in [-0.25, -0.2) is 4.98 Å². The number of methoxy groups -OCH3 is 1. The lowest BCUT2D eigenvalue weighted by Crippen LogP contribution is -1.87. The number of nitrogens with zero attached hydrogens (tertiary/aromatic N) is 3. The third-order valence-corrected chi connectivity index (χ3v) is 4.02. The first-order valence-corrected chi connectivity index (χ1v) is 7.82. The number of hydrogen-bond donors (Lipinski definition) is 0. The molecule has 0 saturated heterocycles. The van der Waals surface area contributed by atoms with Crippen LogP contribution >= 0.6 is 23.4 Å². The van der Waals surface area contributed by atoms with Crippen molar-refractivity contribution in [2.24, 2.45) is 0 Å². The molecule has 7 heteroatoms. The van der Waals surface area contributed by atoms with Gasteiger partial charge >= 0.3 is 0 Å². The normalized spacial score (nSPS) is 10.6. The van der Waals surface area contributed by atoms with E-state index in [0.717, 1.165) is 22.0 Å². The summed E-state index contributed by atoms with van der Waals surface area (Å²) in [5.74, 6) is 2.03. The van der Waals surface area contributed by atoms with Gasteiger partial charge in [0.1, 0.15) is 17.0 Å². The lowest BCUT2D eigenvalue weighted by atomic mass is 10.2. The first kappa shape index (κ1) is 14.9. The third-order valence-electron chi connectivity index (χ3n) is 2.86. The standard InChI is InChI=1S/C15H12ClN3O2S/c1-20-12-4-2-10(3-5-12)15-17-11(8-21-15)9-22-14-7-6-13(16)18-19-14/h2-8H,9H2,1H3. The zero-order chi connectivity index (χ0) is 15.4. The van der Waals surface area contributed by atoms with Crippen LogP contribution < -0.4 is 4.74 Å². The van der Waals surface area contributed by atoms with Gasteiger partial charge in [0.25, 0.3) is 0 Å². The summed E-state index contributed by atoms with van der Waals surface area (Å²) in [6.45, 7) is 0. The Balaban J connectivity index is 1.66. The SMILES string of the molecule is COc1ccc(-c2nc(CSc3ccc(Cl)nn3)co2)cc1. The molecule has 0 aliphatic carbocycles. The summed E-state index contributed by atoms with van der Waals surface area (Å²) >= 11 is 7.22. The van der Waals surface area contributed by atoms with E-state index in [0.29, 0.717) is 16.8 Å². The summed E-state index contributed by atoms with van der Waals surface area (Å²) in [6, 6.07) is 11.1.